The predicted octanol–water partition coefficient (Wildman–Crippen LogP) is 2.35. The smallest absolute Gasteiger partial charge is 0.252 e. The van der Waals surface area contributed by atoms with Crippen molar-refractivity contribution in [1.29, 1.82) is 0 Å². The maximum atomic E-state index is 12.4. The SMILES string of the molecule is CN(C)Cc1[nH]c2c(N)cccc2c1C1NC(=O)c2ccc(O)cc21. The van der Waals surface area contributed by atoms with Gasteiger partial charge in [-0.05, 0) is 43.9 Å². The van der Waals surface area contributed by atoms with E-state index in [1.165, 1.54) is 6.07 Å². The maximum absolute atomic E-state index is 12.4. The fourth-order valence-corrected chi connectivity index (χ4v) is 3.60. The Bertz CT molecular complexity index is 990. The van der Waals surface area contributed by atoms with Crippen molar-refractivity contribution in [2.45, 2.75) is 12.6 Å². The number of aromatic hydroxyl groups is 1. The lowest BCUT2D eigenvalue weighted by atomic mass is 9.95. The van der Waals surface area contributed by atoms with Crippen LogP contribution in [-0.2, 0) is 6.54 Å². The average Bonchev–Trinajstić information content (AvgIpc) is 3.05. The number of nitrogen functional groups attached to an aromatic ring is 1. The fourth-order valence-electron chi connectivity index (χ4n) is 3.60. The van der Waals surface area contributed by atoms with Crippen LogP contribution in [0.1, 0.15) is 33.2 Å². The number of amides is 1. The lowest BCUT2D eigenvalue weighted by Gasteiger charge is -2.16. The molecule has 1 atom stereocenters. The van der Waals surface area contributed by atoms with Crippen molar-refractivity contribution >= 4 is 22.5 Å². The van der Waals surface area contributed by atoms with Crippen LogP contribution in [0.3, 0.4) is 0 Å². The Morgan fingerprint density at radius 2 is 2.04 bits per heavy atom. The lowest BCUT2D eigenvalue weighted by molar-refractivity contribution is 0.0960. The first-order valence-electron chi connectivity index (χ1n) is 8.13. The summed E-state index contributed by atoms with van der Waals surface area (Å²) in [6.07, 6.45) is 0. The quantitative estimate of drug-likeness (QED) is 0.552. The molecule has 4 rings (SSSR count). The van der Waals surface area contributed by atoms with Crippen LogP contribution in [0.2, 0.25) is 0 Å². The van der Waals surface area contributed by atoms with Gasteiger partial charge in [-0.3, -0.25) is 4.79 Å². The molecule has 0 fully saturated rings. The number of rotatable bonds is 3. The van der Waals surface area contributed by atoms with Gasteiger partial charge in [0.15, 0.2) is 0 Å². The van der Waals surface area contributed by atoms with Crippen molar-refractivity contribution < 1.29 is 9.90 Å². The Kier molecular flexibility index (Phi) is 3.43. The van der Waals surface area contributed by atoms with Crippen molar-refractivity contribution in [1.82, 2.24) is 15.2 Å². The van der Waals surface area contributed by atoms with Crippen LogP contribution in [0.25, 0.3) is 10.9 Å². The molecule has 0 aliphatic carbocycles. The number of H-pyrrole nitrogens is 1. The first-order chi connectivity index (χ1) is 12.0. The van der Waals surface area contributed by atoms with Gasteiger partial charge in [-0.1, -0.05) is 12.1 Å². The third-order valence-electron chi connectivity index (χ3n) is 4.62. The Labute approximate surface area is 145 Å². The molecule has 0 radical (unpaired) electrons. The molecule has 1 unspecified atom stereocenters. The third-order valence-corrected chi connectivity index (χ3v) is 4.62. The van der Waals surface area contributed by atoms with Crippen LogP contribution in [0.15, 0.2) is 36.4 Å². The second-order valence-electron chi connectivity index (χ2n) is 6.70. The number of carbonyl (C=O) groups is 1. The van der Waals surface area contributed by atoms with Crippen molar-refractivity contribution in [3.63, 3.8) is 0 Å². The molecule has 5 N–H and O–H groups in total. The predicted molar refractivity (Wildman–Crippen MR) is 97.5 cm³/mol. The van der Waals surface area contributed by atoms with E-state index in [4.69, 9.17) is 5.73 Å². The van der Waals surface area contributed by atoms with Gasteiger partial charge >= 0.3 is 0 Å². The zero-order valence-corrected chi connectivity index (χ0v) is 14.1. The largest absolute Gasteiger partial charge is 0.508 e. The molecule has 1 aliphatic heterocycles. The molecule has 2 heterocycles. The molecular formula is C19H20N4O2. The molecule has 1 amide bonds. The summed E-state index contributed by atoms with van der Waals surface area (Å²) in [5.74, 6) is 0.0165. The molecule has 0 bridgehead atoms. The second-order valence-corrected chi connectivity index (χ2v) is 6.70. The Balaban J connectivity index is 1.97. The summed E-state index contributed by atoms with van der Waals surface area (Å²) in [5.41, 5.74) is 11.1. The van der Waals surface area contributed by atoms with Crippen molar-refractivity contribution in [2.24, 2.45) is 0 Å². The monoisotopic (exact) mass is 336 g/mol. The number of nitrogens with one attached hydrogen (secondary N) is 2. The molecule has 3 aromatic rings. The number of nitrogens with two attached hydrogens (primary N) is 1. The number of nitrogens with zero attached hydrogens (tertiary/aromatic N) is 1. The minimum atomic E-state index is -0.319. The Morgan fingerprint density at radius 1 is 1.24 bits per heavy atom. The van der Waals surface area contributed by atoms with E-state index in [0.29, 0.717) is 17.8 Å². The van der Waals surface area contributed by atoms with Crippen molar-refractivity contribution in [2.75, 3.05) is 19.8 Å². The summed E-state index contributed by atoms with van der Waals surface area (Å²) >= 11 is 0. The molecule has 0 spiro atoms. The summed E-state index contributed by atoms with van der Waals surface area (Å²) in [4.78, 5) is 17.9. The van der Waals surface area contributed by atoms with E-state index in [1.807, 2.05) is 32.3 Å². The number of hydrogen-bond donors (Lipinski definition) is 4. The lowest BCUT2D eigenvalue weighted by Crippen LogP contribution is -2.22. The van der Waals surface area contributed by atoms with Crippen LogP contribution in [-0.4, -0.2) is 35.0 Å². The summed E-state index contributed by atoms with van der Waals surface area (Å²) in [7, 11) is 3.98. The number of fused-ring (bicyclic) bond motifs is 2. The van der Waals surface area contributed by atoms with Gasteiger partial charge < -0.3 is 26.0 Å². The summed E-state index contributed by atoms with van der Waals surface area (Å²) in [5, 5.41) is 13.9. The number of anilines is 1. The van der Waals surface area contributed by atoms with Crippen molar-refractivity contribution in [3.8, 4) is 5.75 Å². The van der Waals surface area contributed by atoms with Crippen LogP contribution in [0, 0.1) is 0 Å². The zero-order valence-electron chi connectivity index (χ0n) is 14.1. The zero-order chi connectivity index (χ0) is 17.7. The molecule has 6 nitrogen and oxygen atoms in total. The number of benzene rings is 2. The summed E-state index contributed by atoms with van der Waals surface area (Å²) in [6.45, 7) is 0.684. The van der Waals surface area contributed by atoms with Crippen LogP contribution < -0.4 is 11.1 Å². The first kappa shape index (κ1) is 15.5. The summed E-state index contributed by atoms with van der Waals surface area (Å²) < 4.78 is 0. The van der Waals surface area contributed by atoms with E-state index in [0.717, 1.165) is 27.7 Å². The van der Waals surface area contributed by atoms with Gasteiger partial charge in [0.1, 0.15) is 5.75 Å². The van der Waals surface area contributed by atoms with Gasteiger partial charge in [0, 0.05) is 28.8 Å². The van der Waals surface area contributed by atoms with E-state index in [9.17, 15) is 9.90 Å². The number of aromatic amines is 1. The highest BCUT2D eigenvalue weighted by Crippen LogP contribution is 2.39. The van der Waals surface area contributed by atoms with Crippen LogP contribution in [0.4, 0.5) is 5.69 Å². The minimum Gasteiger partial charge on any atom is -0.508 e. The number of aromatic nitrogens is 1. The molecule has 1 aromatic heterocycles. The van der Waals surface area contributed by atoms with E-state index in [1.54, 1.807) is 12.1 Å². The number of phenols is 1. The standard InChI is InChI=1S/C19H20N4O2/c1-23(2)9-15-16(12-4-3-5-14(20)17(12)21-15)18-13-8-10(24)6-7-11(13)19(25)22-18/h3-8,18,21,24H,9,20H2,1-2H3,(H,22,25). The molecule has 0 saturated carbocycles. The number of phenolic OH excluding ortho intramolecular Hbond substituents is 1. The van der Waals surface area contributed by atoms with Gasteiger partial charge in [0.05, 0.1) is 17.2 Å². The van der Waals surface area contributed by atoms with Gasteiger partial charge in [0.2, 0.25) is 0 Å². The molecule has 0 saturated heterocycles. The molecule has 6 heteroatoms. The van der Waals surface area contributed by atoms with Gasteiger partial charge in [-0.25, -0.2) is 0 Å². The van der Waals surface area contributed by atoms with E-state index >= 15 is 0 Å². The highest BCUT2D eigenvalue weighted by molar-refractivity contribution is 6.02. The highest BCUT2D eigenvalue weighted by Gasteiger charge is 2.33. The summed E-state index contributed by atoms with van der Waals surface area (Å²) in [6, 6.07) is 10.3. The van der Waals surface area contributed by atoms with E-state index in [2.05, 4.69) is 15.2 Å². The number of hydrogen-bond acceptors (Lipinski definition) is 4. The molecular weight excluding hydrogens is 316 g/mol. The molecule has 25 heavy (non-hydrogen) atoms. The molecule has 128 valence electrons. The van der Waals surface area contributed by atoms with Gasteiger partial charge in [-0.15, -0.1) is 0 Å². The van der Waals surface area contributed by atoms with E-state index in [-0.39, 0.29) is 17.7 Å². The van der Waals surface area contributed by atoms with Crippen molar-refractivity contribution in [3.05, 3.63) is 58.8 Å². The minimum absolute atomic E-state index is 0.131. The van der Waals surface area contributed by atoms with Crippen LogP contribution in [0.5, 0.6) is 5.75 Å². The maximum Gasteiger partial charge on any atom is 0.252 e. The van der Waals surface area contributed by atoms with Gasteiger partial charge in [0.25, 0.3) is 5.91 Å². The second kappa shape index (κ2) is 5.53. The Morgan fingerprint density at radius 3 is 2.80 bits per heavy atom. The van der Waals surface area contributed by atoms with E-state index < -0.39 is 0 Å². The fraction of sp³-hybridized carbons (Fsp3) is 0.211. The van der Waals surface area contributed by atoms with Crippen LogP contribution >= 0.6 is 0 Å². The van der Waals surface area contributed by atoms with Gasteiger partial charge in [-0.2, -0.15) is 0 Å². The molecule has 2 aromatic carbocycles. The Hall–Kier alpha value is -2.99. The highest BCUT2D eigenvalue weighted by atomic mass is 16.3. The average molecular weight is 336 g/mol. The number of para-hydroxylation sites is 1. The normalized spacial score (nSPS) is 16.4. The third kappa shape index (κ3) is 2.42. The topological polar surface area (TPSA) is 94.4 Å². The first-order valence-corrected chi connectivity index (χ1v) is 8.13. The molecule has 1 aliphatic rings. The number of carbonyl (C=O) groups excluding carboxylic acids is 1.